The predicted octanol–water partition coefficient (Wildman–Crippen LogP) is 3.42. The minimum absolute atomic E-state index is 0.129. The van der Waals surface area contributed by atoms with Crippen LogP contribution in [0.2, 0.25) is 0 Å². The molecular weight excluding hydrogens is 330 g/mol. The second-order valence-corrected chi connectivity index (χ2v) is 5.74. The number of hydrogen-bond donors (Lipinski definition) is 2. The van der Waals surface area contributed by atoms with Crippen molar-refractivity contribution in [2.24, 2.45) is 0 Å². The molecule has 110 valence electrons. The predicted molar refractivity (Wildman–Crippen MR) is 88.7 cm³/mol. The van der Waals surface area contributed by atoms with Crippen LogP contribution in [0.5, 0.6) is 0 Å². The molecule has 0 saturated carbocycles. The van der Waals surface area contributed by atoms with E-state index in [2.05, 4.69) is 50.6 Å². The van der Waals surface area contributed by atoms with Crippen molar-refractivity contribution in [3.05, 3.63) is 58.2 Å². The van der Waals surface area contributed by atoms with Gasteiger partial charge in [0, 0.05) is 24.3 Å². The minimum Gasteiger partial charge on any atom is -0.372 e. The molecule has 0 fully saturated rings. The topological polar surface area (TPSA) is 54.0 Å². The molecule has 1 unspecified atom stereocenters. The maximum Gasteiger partial charge on any atom is 0.255 e. The van der Waals surface area contributed by atoms with Crippen LogP contribution in [0.15, 0.2) is 47.1 Å². The number of nitrogens with zero attached hydrogens (tertiary/aromatic N) is 1. The Labute approximate surface area is 133 Å². The first-order chi connectivity index (χ1) is 10.1. The Balaban J connectivity index is 2.04. The molecule has 4 nitrogen and oxygen atoms in total. The summed E-state index contributed by atoms with van der Waals surface area (Å²) in [7, 11) is 1.75. The van der Waals surface area contributed by atoms with Crippen LogP contribution in [0.25, 0.3) is 0 Å². The van der Waals surface area contributed by atoms with Gasteiger partial charge in [0.15, 0.2) is 0 Å². The molecule has 1 heterocycles. The van der Waals surface area contributed by atoms with Crippen molar-refractivity contribution in [3.63, 3.8) is 0 Å². The Kier molecular flexibility index (Phi) is 5.33. The average Bonchev–Trinajstić information content (AvgIpc) is 2.53. The summed E-state index contributed by atoms with van der Waals surface area (Å²) in [6, 6.07) is 11.9. The van der Waals surface area contributed by atoms with Gasteiger partial charge in [0.2, 0.25) is 0 Å². The molecule has 1 aromatic heterocycles. The molecule has 2 N–H and O–H groups in total. The Morgan fingerprint density at radius 1 is 1.33 bits per heavy atom. The van der Waals surface area contributed by atoms with Crippen molar-refractivity contribution < 1.29 is 4.79 Å². The maximum absolute atomic E-state index is 12.3. The van der Waals surface area contributed by atoms with Gasteiger partial charge in [0.1, 0.15) is 5.82 Å². The van der Waals surface area contributed by atoms with Crippen molar-refractivity contribution >= 4 is 27.7 Å². The zero-order chi connectivity index (χ0) is 15.2. The van der Waals surface area contributed by atoms with Crippen LogP contribution in [0.4, 0.5) is 5.82 Å². The lowest BCUT2D eigenvalue weighted by Crippen LogP contribution is -2.28. The molecule has 0 spiro atoms. The zero-order valence-electron chi connectivity index (χ0n) is 12.1. The van der Waals surface area contributed by atoms with Crippen molar-refractivity contribution in [2.75, 3.05) is 18.9 Å². The first-order valence-corrected chi connectivity index (χ1v) is 7.57. The quantitative estimate of drug-likeness (QED) is 0.871. The number of benzene rings is 1. The first-order valence-electron chi connectivity index (χ1n) is 6.78. The maximum atomic E-state index is 12.3. The SMILES string of the molecule is CNc1ncc(Br)cc1C(=O)NCC(C)c1ccccc1. The highest BCUT2D eigenvalue weighted by Crippen LogP contribution is 2.18. The standard InChI is InChI=1S/C16H18BrN3O/c1-11(12-6-4-3-5-7-12)9-20-16(21)14-8-13(17)10-19-15(14)18-2/h3-8,10-11H,9H2,1-2H3,(H,18,19)(H,20,21). The van der Waals surface area contributed by atoms with Gasteiger partial charge < -0.3 is 10.6 Å². The highest BCUT2D eigenvalue weighted by Gasteiger charge is 2.14. The van der Waals surface area contributed by atoms with Crippen molar-refractivity contribution in [2.45, 2.75) is 12.8 Å². The van der Waals surface area contributed by atoms with Crippen LogP contribution in [-0.2, 0) is 0 Å². The molecule has 2 aromatic rings. The zero-order valence-corrected chi connectivity index (χ0v) is 13.6. The van der Waals surface area contributed by atoms with Gasteiger partial charge in [-0.1, -0.05) is 37.3 Å². The summed E-state index contributed by atoms with van der Waals surface area (Å²) < 4.78 is 0.780. The first kappa shape index (κ1) is 15.5. The van der Waals surface area contributed by atoms with Gasteiger partial charge in [-0.3, -0.25) is 4.79 Å². The number of rotatable bonds is 5. The van der Waals surface area contributed by atoms with Crippen LogP contribution in [0.1, 0.15) is 28.8 Å². The molecule has 0 bridgehead atoms. The van der Waals surface area contributed by atoms with E-state index in [0.717, 1.165) is 4.47 Å². The van der Waals surface area contributed by atoms with E-state index in [0.29, 0.717) is 17.9 Å². The van der Waals surface area contributed by atoms with Crippen LogP contribution >= 0.6 is 15.9 Å². The third-order valence-corrected chi connectivity index (χ3v) is 3.71. The lowest BCUT2D eigenvalue weighted by Gasteiger charge is -2.14. The number of aromatic nitrogens is 1. The molecule has 5 heteroatoms. The third-order valence-electron chi connectivity index (χ3n) is 3.27. The lowest BCUT2D eigenvalue weighted by atomic mass is 10.0. The smallest absolute Gasteiger partial charge is 0.255 e. The molecule has 1 atom stereocenters. The summed E-state index contributed by atoms with van der Waals surface area (Å²) in [6.45, 7) is 2.67. The van der Waals surface area contributed by atoms with E-state index in [1.54, 1.807) is 19.3 Å². The monoisotopic (exact) mass is 347 g/mol. The van der Waals surface area contributed by atoms with Crippen LogP contribution in [0.3, 0.4) is 0 Å². The third kappa shape index (κ3) is 4.04. The van der Waals surface area contributed by atoms with Crippen molar-refractivity contribution in [3.8, 4) is 0 Å². The number of carbonyl (C=O) groups excluding carboxylic acids is 1. The fourth-order valence-electron chi connectivity index (χ4n) is 2.05. The fraction of sp³-hybridized carbons (Fsp3) is 0.250. The van der Waals surface area contributed by atoms with Crippen LogP contribution in [-0.4, -0.2) is 24.5 Å². The average molecular weight is 348 g/mol. The Morgan fingerprint density at radius 2 is 2.05 bits per heavy atom. The molecular formula is C16H18BrN3O. The second-order valence-electron chi connectivity index (χ2n) is 4.82. The van der Waals surface area contributed by atoms with Crippen molar-refractivity contribution in [1.29, 1.82) is 0 Å². The van der Waals surface area contributed by atoms with E-state index in [1.165, 1.54) is 5.56 Å². The number of amides is 1. The normalized spacial score (nSPS) is 11.8. The van der Waals surface area contributed by atoms with E-state index in [-0.39, 0.29) is 11.8 Å². The van der Waals surface area contributed by atoms with E-state index >= 15 is 0 Å². The molecule has 21 heavy (non-hydrogen) atoms. The molecule has 1 aromatic carbocycles. The minimum atomic E-state index is -0.129. The fourth-order valence-corrected chi connectivity index (χ4v) is 2.38. The van der Waals surface area contributed by atoms with Gasteiger partial charge in [-0.05, 0) is 33.5 Å². The summed E-state index contributed by atoms with van der Waals surface area (Å²) in [5, 5.41) is 5.89. The molecule has 0 radical (unpaired) electrons. The summed E-state index contributed by atoms with van der Waals surface area (Å²) >= 11 is 3.34. The van der Waals surface area contributed by atoms with E-state index in [4.69, 9.17) is 0 Å². The molecule has 2 rings (SSSR count). The van der Waals surface area contributed by atoms with E-state index < -0.39 is 0 Å². The van der Waals surface area contributed by atoms with Crippen LogP contribution < -0.4 is 10.6 Å². The number of halogens is 1. The summed E-state index contributed by atoms with van der Waals surface area (Å²) in [4.78, 5) is 16.5. The van der Waals surface area contributed by atoms with Gasteiger partial charge >= 0.3 is 0 Å². The highest BCUT2D eigenvalue weighted by molar-refractivity contribution is 9.10. The van der Waals surface area contributed by atoms with E-state index in [1.807, 2.05) is 18.2 Å². The van der Waals surface area contributed by atoms with Gasteiger partial charge in [0.05, 0.1) is 5.56 Å². The van der Waals surface area contributed by atoms with Crippen LogP contribution in [0, 0.1) is 0 Å². The number of pyridine rings is 1. The molecule has 0 aliphatic rings. The van der Waals surface area contributed by atoms with Gasteiger partial charge in [-0.25, -0.2) is 4.98 Å². The molecule has 0 aliphatic carbocycles. The number of carbonyl (C=O) groups is 1. The van der Waals surface area contributed by atoms with Gasteiger partial charge in [-0.2, -0.15) is 0 Å². The Hall–Kier alpha value is -1.88. The van der Waals surface area contributed by atoms with Crippen molar-refractivity contribution in [1.82, 2.24) is 10.3 Å². The molecule has 1 amide bonds. The summed E-state index contributed by atoms with van der Waals surface area (Å²) in [5.74, 6) is 0.701. The van der Waals surface area contributed by atoms with Gasteiger partial charge in [-0.15, -0.1) is 0 Å². The molecule has 0 aliphatic heterocycles. The Bertz CT molecular complexity index is 616. The van der Waals surface area contributed by atoms with E-state index in [9.17, 15) is 4.79 Å². The molecule has 0 saturated heterocycles. The lowest BCUT2D eigenvalue weighted by molar-refractivity contribution is 0.0952. The Morgan fingerprint density at radius 3 is 2.71 bits per heavy atom. The second kappa shape index (κ2) is 7.22. The van der Waals surface area contributed by atoms with Gasteiger partial charge in [0.25, 0.3) is 5.91 Å². The summed E-state index contributed by atoms with van der Waals surface area (Å²) in [6.07, 6.45) is 1.66. The largest absolute Gasteiger partial charge is 0.372 e. The number of hydrogen-bond acceptors (Lipinski definition) is 3. The number of nitrogens with one attached hydrogen (secondary N) is 2. The highest BCUT2D eigenvalue weighted by atomic mass is 79.9. The summed E-state index contributed by atoms with van der Waals surface area (Å²) in [5.41, 5.74) is 1.74. The number of anilines is 1.